The van der Waals surface area contributed by atoms with Crippen LogP contribution in [0.2, 0.25) is 0 Å². The van der Waals surface area contributed by atoms with Crippen LogP contribution < -0.4 is 5.32 Å². The first-order chi connectivity index (χ1) is 7.02. The van der Waals surface area contributed by atoms with Gasteiger partial charge in [-0.25, -0.2) is 0 Å². The Kier molecular flexibility index (Phi) is 4.54. The van der Waals surface area contributed by atoms with Gasteiger partial charge in [0.15, 0.2) is 0 Å². The first-order valence-corrected chi connectivity index (χ1v) is 5.67. The van der Waals surface area contributed by atoms with Gasteiger partial charge in [-0.1, -0.05) is 19.3 Å². The molecule has 1 fully saturated rings. The molecule has 0 heterocycles. The van der Waals surface area contributed by atoms with Crippen molar-refractivity contribution in [2.75, 3.05) is 6.54 Å². The number of carboxylic acid groups (broad SMARTS) is 1. The van der Waals surface area contributed by atoms with E-state index in [1.54, 1.807) is 0 Å². The van der Waals surface area contributed by atoms with Crippen LogP contribution in [0.5, 0.6) is 0 Å². The van der Waals surface area contributed by atoms with Crippen molar-refractivity contribution in [2.24, 2.45) is 0 Å². The van der Waals surface area contributed by atoms with Crippen molar-refractivity contribution in [3.05, 3.63) is 0 Å². The van der Waals surface area contributed by atoms with E-state index in [4.69, 9.17) is 5.11 Å². The maximum absolute atomic E-state index is 10.4. The number of rotatable bonds is 5. The number of aliphatic carboxylic acids is 1. The third kappa shape index (κ3) is 4.62. The lowest BCUT2D eigenvalue weighted by Gasteiger charge is -2.35. The molecule has 0 aromatic carbocycles. The highest BCUT2D eigenvalue weighted by molar-refractivity contribution is 5.67. The van der Waals surface area contributed by atoms with E-state index in [-0.39, 0.29) is 12.0 Å². The first kappa shape index (κ1) is 12.5. The predicted molar refractivity (Wildman–Crippen MR) is 57.8 cm³/mol. The predicted octanol–water partition coefficient (Wildman–Crippen LogP) is 1.13. The molecule has 0 aromatic heterocycles. The molecule has 0 radical (unpaired) electrons. The van der Waals surface area contributed by atoms with Gasteiger partial charge in [0, 0.05) is 12.1 Å². The average molecular weight is 215 g/mol. The normalized spacial score (nSPS) is 22.3. The van der Waals surface area contributed by atoms with Gasteiger partial charge >= 0.3 is 5.97 Å². The lowest BCUT2D eigenvalue weighted by atomic mass is 9.83. The quantitative estimate of drug-likeness (QED) is 0.643. The van der Waals surface area contributed by atoms with Gasteiger partial charge in [-0.05, 0) is 19.8 Å². The summed E-state index contributed by atoms with van der Waals surface area (Å²) in [6.45, 7) is 2.53. The summed E-state index contributed by atoms with van der Waals surface area (Å²) in [5, 5.41) is 21.2. The molecule has 0 saturated heterocycles. The zero-order valence-corrected chi connectivity index (χ0v) is 9.33. The minimum Gasteiger partial charge on any atom is -0.481 e. The molecule has 1 aliphatic rings. The molecular formula is C11H21NO3. The molecule has 3 N–H and O–H groups in total. The van der Waals surface area contributed by atoms with Gasteiger partial charge in [-0.15, -0.1) is 0 Å². The summed E-state index contributed by atoms with van der Waals surface area (Å²) in [6.07, 6.45) is 5.01. The lowest BCUT2D eigenvalue weighted by Crippen LogP contribution is -2.47. The van der Waals surface area contributed by atoms with Crippen LogP contribution in [0.4, 0.5) is 0 Å². The monoisotopic (exact) mass is 215 g/mol. The lowest BCUT2D eigenvalue weighted by molar-refractivity contribution is -0.139. The fraction of sp³-hybridized carbons (Fsp3) is 0.909. The van der Waals surface area contributed by atoms with Crippen LogP contribution in [0, 0.1) is 0 Å². The summed E-state index contributed by atoms with van der Waals surface area (Å²) >= 11 is 0. The number of aliphatic hydroxyl groups is 1. The Morgan fingerprint density at radius 2 is 2.00 bits per heavy atom. The van der Waals surface area contributed by atoms with E-state index in [0.717, 1.165) is 12.8 Å². The number of nitrogens with one attached hydrogen (secondary N) is 1. The van der Waals surface area contributed by atoms with E-state index in [2.05, 4.69) is 12.2 Å². The maximum Gasteiger partial charge on any atom is 0.306 e. The van der Waals surface area contributed by atoms with Crippen LogP contribution in [0.15, 0.2) is 0 Å². The molecule has 4 heteroatoms. The number of hydrogen-bond donors (Lipinski definition) is 3. The Labute approximate surface area is 90.7 Å². The second kappa shape index (κ2) is 5.47. The van der Waals surface area contributed by atoms with E-state index < -0.39 is 12.1 Å². The molecule has 0 spiro atoms. The topological polar surface area (TPSA) is 69.6 Å². The van der Waals surface area contributed by atoms with Gasteiger partial charge in [-0.3, -0.25) is 4.79 Å². The van der Waals surface area contributed by atoms with Crippen LogP contribution in [0.25, 0.3) is 0 Å². The molecule has 4 nitrogen and oxygen atoms in total. The Hall–Kier alpha value is -0.610. The molecule has 1 rings (SSSR count). The second-order valence-electron chi connectivity index (χ2n) is 4.75. The summed E-state index contributed by atoms with van der Waals surface area (Å²) in [5.74, 6) is -0.946. The van der Waals surface area contributed by atoms with E-state index in [1.165, 1.54) is 19.3 Å². The molecule has 1 unspecified atom stereocenters. The van der Waals surface area contributed by atoms with Crippen LogP contribution in [-0.2, 0) is 4.79 Å². The van der Waals surface area contributed by atoms with Crippen molar-refractivity contribution in [3.63, 3.8) is 0 Å². The highest BCUT2D eigenvalue weighted by Crippen LogP contribution is 2.27. The molecular weight excluding hydrogens is 194 g/mol. The summed E-state index contributed by atoms with van der Waals surface area (Å²) in [5.41, 5.74) is 0.0950. The number of carboxylic acids is 1. The number of carbonyl (C=O) groups is 1. The van der Waals surface area contributed by atoms with Crippen molar-refractivity contribution >= 4 is 5.97 Å². The van der Waals surface area contributed by atoms with Gasteiger partial charge in [0.05, 0.1) is 12.5 Å². The molecule has 1 aliphatic carbocycles. The van der Waals surface area contributed by atoms with Crippen LogP contribution in [-0.4, -0.2) is 34.4 Å². The van der Waals surface area contributed by atoms with E-state index in [1.807, 2.05) is 0 Å². The van der Waals surface area contributed by atoms with Crippen molar-refractivity contribution in [1.29, 1.82) is 0 Å². The highest BCUT2D eigenvalue weighted by atomic mass is 16.4. The van der Waals surface area contributed by atoms with Gasteiger partial charge < -0.3 is 15.5 Å². The molecule has 1 atom stereocenters. The third-order valence-corrected chi connectivity index (χ3v) is 3.13. The van der Waals surface area contributed by atoms with E-state index in [0.29, 0.717) is 6.54 Å². The first-order valence-electron chi connectivity index (χ1n) is 5.67. The van der Waals surface area contributed by atoms with Crippen molar-refractivity contribution in [1.82, 2.24) is 5.32 Å². The Bertz CT molecular complexity index is 212. The Balaban J connectivity index is 2.25. The number of aliphatic hydroxyl groups excluding tert-OH is 1. The molecule has 1 saturated carbocycles. The summed E-state index contributed by atoms with van der Waals surface area (Å²) in [6, 6.07) is 0. The summed E-state index contributed by atoms with van der Waals surface area (Å²) in [4.78, 5) is 10.4. The minimum absolute atomic E-state index is 0.0950. The number of hydrogen-bond acceptors (Lipinski definition) is 3. The van der Waals surface area contributed by atoms with Crippen molar-refractivity contribution in [3.8, 4) is 0 Å². The van der Waals surface area contributed by atoms with Crippen LogP contribution in [0.3, 0.4) is 0 Å². The standard InChI is InChI=1S/C11H21NO3/c1-11(5-3-2-4-6-11)12-8-9(13)7-10(14)15/h9,12-13H,2-8H2,1H3,(H,14,15). The minimum atomic E-state index is -0.946. The molecule has 0 bridgehead atoms. The van der Waals surface area contributed by atoms with E-state index >= 15 is 0 Å². The maximum atomic E-state index is 10.4. The second-order valence-corrected chi connectivity index (χ2v) is 4.75. The fourth-order valence-electron chi connectivity index (χ4n) is 2.15. The summed E-state index contributed by atoms with van der Waals surface area (Å²) < 4.78 is 0. The SMILES string of the molecule is CC1(NCC(O)CC(=O)O)CCCCC1. The third-order valence-electron chi connectivity index (χ3n) is 3.13. The zero-order chi connectivity index (χ0) is 11.3. The van der Waals surface area contributed by atoms with Gasteiger partial charge in [0.2, 0.25) is 0 Å². The molecule has 15 heavy (non-hydrogen) atoms. The Morgan fingerprint density at radius 1 is 1.40 bits per heavy atom. The van der Waals surface area contributed by atoms with E-state index in [9.17, 15) is 9.90 Å². The molecule has 0 aromatic rings. The average Bonchev–Trinajstić information content (AvgIpc) is 2.15. The molecule has 88 valence electrons. The highest BCUT2D eigenvalue weighted by Gasteiger charge is 2.26. The van der Waals surface area contributed by atoms with Crippen molar-refractivity contribution in [2.45, 2.75) is 57.1 Å². The fourth-order valence-corrected chi connectivity index (χ4v) is 2.15. The summed E-state index contributed by atoms with van der Waals surface area (Å²) in [7, 11) is 0. The van der Waals surface area contributed by atoms with Crippen LogP contribution >= 0.6 is 0 Å². The van der Waals surface area contributed by atoms with Gasteiger partial charge in [0.25, 0.3) is 0 Å². The van der Waals surface area contributed by atoms with Crippen molar-refractivity contribution < 1.29 is 15.0 Å². The zero-order valence-electron chi connectivity index (χ0n) is 9.33. The smallest absolute Gasteiger partial charge is 0.306 e. The molecule has 0 aliphatic heterocycles. The molecule has 0 amide bonds. The number of β-amino-alcohol motifs (C(OH)–C–C–N with tert-alkyl or cyclic N) is 1. The Morgan fingerprint density at radius 3 is 2.53 bits per heavy atom. The largest absolute Gasteiger partial charge is 0.481 e. The van der Waals surface area contributed by atoms with Gasteiger partial charge in [0.1, 0.15) is 0 Å². The van der Waals surface area contributed by atoms with Crippen LogP contribution in [0.1, 0.15) is 45.4 Å². The van der Waals surface area contributed by atoms with Gasteiger partial charge in [-0.2, -0.15) is 0 Å².